The summed E-state index contributed by atoms with van der Waals surface area (Å²) in [6, 6.07) is 9.33. The molecule has 0 bridgehead atoms. The molecular weight excluding hydrogens is 390 g/mol. The van der Waals surface area contributed by atoms with Crippen molar-refractivity contribution in [2.75, 3.05) is 25.3 Å². The van der Waals surface area contributed by atoms with Crippen LogP contribution in [0.15, 0.2) is 41.7 Å². The molecule has 3 aromatic rings. The van der Waals surface area contributed by atoms with Crippen molar-refractivity contribution < 1.29 is 14.3 Å². The highest BCUT2D eigenvalue weighted by Gasteiger charge is 2.15. The lowest BCUT2D eigenvalue weighted by Crippen LogP contribution is -2.15. The number of amides is 1. The van der Waals surface area contributed by atoms with Gasteiger partial charge in [0.2, 0.25) is 5.91 Å². The summed E-state index contributed by atoms with van der Waals surface area (Å²) in [5.41, 5.74) is 1.76. The monoisotopic (exact) mass is 415 g/mol. The van der Waals surface area contributed by atoms with Crippen molar-refractivity contribution >= 4 is 23.4 Å². The first-order chi connectivity index (χ1) is 14.0. The Hall–Kier alpha value is -2.94. The molecule has 0 unspecified atom stereocenters. The number of anilines is 1. The topological polar surface area (TPSA) is 83.2 Å². The number of aromatic nitrogens is 4. The molecule has 0 saturated carbocycles. The molecule has 0 aliphatic heterocycles. The third-order valence-corrected chi connectivity index (χ3v) is 5.48. The van der Waals surface area contributed by atoms with Crippen molar-refractivity contribution in [2.24, 2.45) is 7.05 Å². The smallest absolute Gasteiger partial charge is 0.234 e. The Kier molecular flexibility index (Phi) is 6.82. The van der Waals surface area contributed by atoms with Crippen LogP contribution < -0.4 is 14.8 Å². The van der Waals surface area contributed by atoms with Crippen molar-refractivity contribution in [1.82, 2.24) is 19.3 Å². The van der Waals surface area contributed by atoms with Crippen molar-refractivity contribution in [3.8, 4) is 11.5 Å². The maximum atomic E-state index is 12.4. The van der Waals surface area contributed by atoms with Crippen LogP contribution >= 0.6 is 11.8 Å². The van der Waals surface area contributed by atoms with E-state index in [0.29, 0.717) is 23.6 Å². The zero-order chi connectivity index (χ0) is 20.8. The molecule has 154 valence electrons. The van der Waals surface area contributed by atoms with Crippen molar-refractivity contribution in [3.05, 3.63) is 48.0 Å². The highest BCUT2D eigenvalue weighted by atomic mass is 32.2. The van der Waals surface area contributed by atoms with Crippen LogP contribution in [0.2, 0.25) is 0 Å². The largest absolute Gasteiger partial charge is 0.497 e. The van der Waals surface area contributed by atoms with Gasteiger partial charge in [0, 0.05) is 38.0 Å². The van der Waals surface area contributed by atoms with E-state index in [1.54, 1.807) is 32.4 Å². The summed E-state index contributed by atoms with van der Waals surface area (Å²) in [6.07, 6.45) is 2.70. The van der Waals surface area contributed by atoms with Gasteiger partial charge < -0.3 is 23.9 Å². The van der Waals surface area contributed by atoms with Gasteiger partial charge in [0.15, 0.2) is 5.16 Å². The molecule has 2 heterocycles. The molecule has 1 N–H and O–H groups in total. The number of hydrogen-bond donors (Lipinski definition) is 1. The van der Waals surface area contributed by atoms with E-state index in [1.165, 1.54) is 11.8 Å². The molecule has 0 radical (unpaired) electrons. The molecule has 0 spiro atoms. The van der Waals surface area contributed by atoms with Crippen molar-refractivity contribution in [2.45, 2.75) is 25.0 Å². The standard InChI is InChI=1S/C20H25N5O3S/c1-5-25-18(11-14-7-6-10-24(14)2)22-23-20(25)29-13-19(26)21-16-9-8-15(27-3)12-17(16)28-4/h6-10,12H,5,11,13H2,1-4H3,(H,21,26). The van der Waals surface area contributed by atoms with Crippen molar-refractivity contribution in [3.63, 3.8) is 0 Å². The summed E-state index contributed by atoms with van der Waals surface area (Å²) in [6.45, 7) is 2.78. The summed E-state index contributed by atoms with van der Waals surface area (Å²) in [7, 11) is 5.15. The Morgan fingerprint density at radius 3 is 2.69 bits per heavy atom. The first-order valence-corrected chi connectivity index (χ1v) is 10.2. The van der Waals surface area contributed by atoms with Gasteiger partial charge in [0.05, 0.1) is 25.7 Å². The van der Waals surface area contributed by atoms with E-state index in [9.17, 15) is 4.79 Å². The molecule has 8 nitrogen and oxygen atoms in total. The Morgan fingerprint density at radius 1 is 1.21 bits per heavy atom. The predicted molar refractivity (Wildman–Crippen MR) is 113 cm³/mol. The first-order valence-electron chi connectivity index (χ1n) is 9.22. The van der Waals surface area contributed by atoms with Crippen molar-refractivity contribution in [1.29, 1.82) is 0 Å². The lowest BCUT2D eigenvalue weighted by atomic mass is 10.2. The number of benzene rings is 1. The van der Waals surface area contributed by atoms with Gasteiger partial charge in [-0.2, -0.15) is 0 Å². The van der Waals surface area contributed by atoms with Gasteiger partial charge in [0.25, 0.3) is 0 Å². The van der Waals surface area contributed by atoms with Crippen LogP contribution in [0, 0.1) is 0 Å². The lowest BCUT2D eigenvalue weighted by molar-refractivity contribution is -0.113. The number of hydrogen-bond acceptors (Lipinski definition) is 6. The second kappa shape index (κ2) is 9.51. The number of carbonyl (C=O) groups is 1. The normalized spacial score (nSPS) is 10.8. The molecule has 1 aromatic carbocycles. The summed E-state index contributed by atoms with van der Waals surface area (Å²) < 4.78 is 14.6. The third-order valence-electron chi connectivity index (χ3n) is 4.52. The molecule has 0 saturated heterocycles. The summed E-state index contributed by atoms with van der Waals surface area (Å²) in [5, 5.41) is 12.2. The Balaban J connectivity index is 1.64. The maximum Gasteiger partial charge on any atom is 0.234 e. The fourth-order valence-electron chi connectivity index (χ4n) is 2.93. The Morgan fingerprint density at radius 2 is 2.03 bits per heavy atom. The Bertz CT molecular complexity index is 982. The van der Waals surface area contributed by atoms with Crippen LogP contribution in [0.5, 0.6) is 11.5 Å². The van der Waals surface area contributed by atoms with Crippen LogP contribution in [-0.2, 0) is 24.8 Å². The summed E-state index contributed by atoms with van der Waals surface area (Å²) in [4.78, 5) is 12.4. The van der Waals surface area contributed by atoms with E-state index >= 15 is 0 Å². The van der Waals surface area contributed by atoms with Crippen LogP contribution in [0.1, 0.15) is 18.4 Å². The second-order valence-electron chi connectivity index (χ2n) is 6.33. The fourth-order valence-corrected chi connectivity index (χ4v) is 3.76. The van der Waals surface area contributed by atoms with Gasteiger partial charge >= 0.3 is 0 Å². The number of thioether (sulfide) groups is 1. The van der Waals surface area contributed by atoms with Crippen LogP contribution in [0.25, 0.3) is 0 Å². The third kappa shape index (κ3) is 4.92. The number of ether oxygens (including phenoxy) is 2. The van der Waals surface area contributed by atoms with Gasteiger partial charge in [-0.25, -0.2) is 0 Å². The van der Waals surface area contributed by atoms with Gasteiger partial charge in [-0.15, -0.1) is 10.2 Å². The van der Waals surface area contributed by atoms with E-state index in [-0.39, 0.29) is 11.7 Å². The van der Waals surface area contributed by atoms with Gasteiger partial charge in [-0.05, 0) is 31.2 Å². The minimum Gasteiger partial charge on any atom is -0.497 e. The van der Waals surface area contributed by atoms with E-state index in [2.05, 4.69) is 26.1 Å². The lowest BCUT2D eigenvalue weighted by Gasteiger charge is -2.11. The van der Waals surface area contributed by atoms with Crippen LogP contribution in [0.4, 0.5) is 5.69 Å². The minimum absolute atomic E-state index is 0.145. The van der Waals surface area contributed by atoms with Crippen LogP contribution in [-0.4, -0.2) is 45.2 Å². The van der Waals surface area contributed by atoms with E-state index < -0.39 is 0 Å². The maximum absolute atomic E-state index is 12.4. The summed E-state index contributed by atoms with van der Waals surface area (Å²) >= 11 is 1.36. The number of nitrogens with zero attached hydrogens (tertiary/aromatic N) is 4. The molecule has 3 rings (SSSR count). The van der Waals surface area contributed by atoms with E-state index in [4.69, 9.17) is 9.47 Å². The van der Waals surface area contributed by atoms with Gasteiger partial charge in [-0.3, -0.25) is 4.79 Å². The molecular formula is C20H25N5O3S. The number of rotatable bonds is 9. The Labute approximate surface area is 174 Å². The molecule has 0 atom stereocenters. The first kappa shape index (κ1) is 20.8. The molecule has 9 heteroatoms. The number of aryl methyl sites for hydroxylation is 1. The summed E-state index contributed by atoms with van der Waals surface area (Å²) in [5.74, 6) is 2.17. The zero-order valence-electron chi connectivity index (χ0n) is 17.0. The number of methoxy groups -OCH3 is 2. The minimum atomic E-state index is -0.145. The second-order valence-corrected chi connectivity index (χ2v) is 7.28. The highest BCUT2D eigenvalue weighted by Crippen LogP contribution is 2.29. The average molecular weight is 416 g/mol. The number of carbonyl (C=O) groups excluding carboxylic acids is 1. The predicted octanol–water partition coefficient (Wildman–Crippen LogP) is 2.98. The molecule has 1 amide bonds. The molecule has 0 aliphatic rings. The zero-order valence-corrected chi connectivity index (χ0v) is 17.8. The highest BCUT2D eigenvalue weighted by molar-refractivity contribution is 7.99. The quantitative estimate of drug-likeness (QED) is 0.541. The van der Waals surface area contributed by atoms with E-state index in [1.807, 2.05) is 30.8 Å². The SMILES string of the molecule is CCn1c(Cc2cccn2C)nnc1SCC(=O)Nc1ccc(OC)cc1OC. The molecule has 29 heavy (non-hydrogen) atoms. The van der Waals surface area contributed by atoms with Crippen LogP contribution in [0.3, 0.4) is 0 Å². The fraction of sp³-hybridized carbons (Fsp3) is 0.350. The number of nitrogens with one attached hydrogen (secondary N) is 1. The molecule has 0 aliphatic carbocycles. The molecule has 2 aromatic heterocycles. The van der Waals surface area contributed by atoms with Gasteiger partial charge in [0.1, 0.15) is 17.3 Å². The molecule has 0 fully saturated rings. The van der Waals surface area contributed by atoms with E-state index in [0.717, 1.165) is 23.2 Å². The average Bonchev–Trinajstić information content (AvgIpc) is 3.32. The van der Waals surface area contributed by atoms with Gasteiger partial charge in [-0.1, -0.05) is 11.8 Å².